The molecule has 100 valence electrons. The van der Waals surface area contributed by atoms with Gasteiger partial charge in [-0.15, -0.1) is 0 Å². The van der Waals surface area contributed by atoms with Crippen LogP contribution in [0, 0.1) is 5.41 Å². The molecule has 1 fully saturated rings. The monoisotopic (exact) mass is 244 g/mol. The molecule has 0 aromatic rings. The summed E-state index contributed by atoms with van der Waals surface area (Å²) in [6.45, 7) is 5.78. The number of carboxylic acid groups (broad SMARTS) is 1. The minimum absolute atomic E-state index is 0.283. The summed E-state index contributed by atoms with van der Waals surface area (Å²) in [6, 6.07) is 0. The molecular formula is C13H24O4. The van der Waals surface area contributed by atoms with Crippen molar-refractivity contribution in [1.29, 1.82) is 0 Å². The first-order valence-corrected chi connectivity index (χ1v) is 6.45. The summed E-state index contributed by atoms with van der Waals surface area (Å²) in [7, 11) is 0. The summed E-state index contributed by atoms with van der Waals surface area (Å²) >= 11 is 0. The average Bonchev–Trinajstić information content (AvgIpc) is 2.75. The largest absolute Gasteiger partial charge is 0.481 e. The van der Waals surface area contributed by atoms with Gasteiger partial charge in [0.15, 0.2) is 0 Å². The normalized spacial score (nSPS) is 20.7. The van der Waals surface area contributed by atoms with Gasteiger partial charge < -0.3 is 14.6 Å². The third-order valence-corrected chi connectivity index (χ3v) is 3.25. The molecule has 0 radical (unpaired) electrons. The van der Waals surface area contributed by atoms with Crippen LogP contribution < -0.4 is 0 Å². The first kappa shape index (κ1) is 14.5. The number of rotatable bonds is 8. The molecular weight excluding hydrogens is 220 g/mol. The van der Waals surface area contributed by atoms with E-state index in [9.17, 15) is 4.79 Å². The highest BCUT2D eigenvalue weighted by Crippen LogP contribution is 2.23. The van der Waals surface area contributed by atoms with Gasteiger partial charge in [-0.25, -0.2) is 0 Å². The zero-order valence-corrected chi connectivity index (χ0v) is 10.9. The molecule has 1 rings (SSSR count). The molecule has 1 saturated heterocycles. The Morgan fingerprint density at radius 2 is 2.24 bits per heavy atom. The number of carbonyl (C=O) groups is 1. The Labute approximate surface area is 103 Å². The highest BCUT2D eigenvalue weighted by Gasteiger charge is 2.25. The van der Waals surface area contributed by atoms with Crippen molar-refractivity contribution in [3.63, 3.8) is 0 Å². The van der Waals surface area contributed by atoms with E-state index in [2.05, 4.69) is 0 Å². The van der Waals surface area contributed by atoms with Gasteiger partial charge in [0.1, 0.15) is 0 Å². The SMILES string of the molecule is CC(C)(CCCCOCC1CCCO1)C(=O)O. The lowest BCUT2D eigenvalue weighted by Crippen LogP contribution is -2.23. The molecule has 1 heterocycles. The average molecular weight is 244 g/mol. The van der Waals surface area contributed by atoms with Gasteiger partial charge in [0.2, 0.25) is 0 Å². The summed E-state index contributed by atoms with van der Waals surface area (Å²) in [4.78, 5) is 10.9. The molecule has 0 amide bonds. The highest BCUT2D eigenvalue weighted by molar-refractivity contribution is 5.73. The molecule has 0 aromatic heterocycles. The summed E-state index contributed by atoms with van der Waals surface area (Å²) in [5.74, 6) is -0.724. The van der Waals surface area contributed by atoms with Gasteiger partial charge in [0.05, 0.1) is 18.1 Å². The van der Waals surface area contributed by atoms with Gasteiger partial charge in [-0.2, -0.15) is 0 Å². The first-order chi connectivity index (χ1) is 8.02. The molecule has 0 saturated carbocycles. The maximum atomic E-state index is 10.9. The van der Waals surface area contributed by atoms with E-state index in [1.807, 2.05) is 0 Å². The molecule has 1 aliphatic heterocycles. The summed E-state index contributed by atoms with van der Waals surface area (Å²) in [5.41, 5.74) is -0.617. The van der Waals surface area contributed by atoms with Crippen LogP contribution in [0.4, 0.5) is 0 Å². The molecule has 0 aromatic carbocycles. The van der Waals surface area contributed by atoms with Crippen molar-refractivity contribution in [2.75, 3.05) is 19.8 Å². The van der Waals surface area contributed by atoms with Crippen molar-refractivity contribution in [3.05, 3.63) is 0 Å². The Bertz CT molecular complexity index is 232. The van der Waals surface area contributed by atoms with E-state index < -0.39 is 11.4 Å². The third kappa shape index (κ3) is 5.50. The first-order valence-electron chi connectivity index (χ1n) is 6.45. The fourth-order valence-electron chi connectivity index (χ4n) is 1.87. The van der Waals surface area contributed by atoms with Gasteiger partial charge in [-0.1, -0.05) is 6.42 Å². The highest BCUT2D eigenvalue weighted by atomic mass is 16.5. The number of unbranched alkanes of at least 4 members (excludes halogenated alkanes) is 1. The van der Waals surface area contributed by atoms with Crippen molar-refractivity contribution < 1.29 is 19.4 Å². The minimum atomic E-state index is -0.724. The molecule has 4 nitrogen and oxygen atoms in total. The van der Waals surface area contributed by atoms with E-state index in [1.165, 1.54) is 0 Å². The van der Waals surface area contributed by atoms with Crippen LogP contribution in [0.2, 0.25) is 0 Å². The second-order valence-corrected chi connectivity index (χ2v) is 5.36. The fourth-order valence-corrected chi connectivity index (χ4v) is 1.87. The zero-order valence-electron chi connectivity index (χ0n) is 10.9. The lowest BCUT2D eigenvalue weighted by Gasteiger charge is -2.18. The molecule has 1 aliphatic rings. The van der Waals surface area contributed by atoms with Crippen LogP contribution in [0.3, 0.4) is 0 Å². The van der Waals surface area contributed by atoms with Gasteiger partial charge in [-0.3, -0.25) is 4.79 Å². The number of carboxylic acids is 1. The smallest absolute Gasteiger partial charge is 0.309 e. The predicted molar refractivity (Wildman–Crippen MR) is 65.1 cm³/mol. The Kier molecular flexibility index (Phi) is 5.92. The fraction of sp³-hybridized carbons (Fsp3) is 0.923. The van der Waals surface area contributed by atoms with Gasteiger partial charge in [0.25, 0.3) is 0 Å². The summed E-state index contributed by atoms with van der Waals surface area (Å²) in [5, 5.41) is 8.94. The Hall–Kier alpha value is -0.610. The second kappa shape index (κ2) is 6.97. The number of ether oxygens (including phenoxy) is 2. The Morgan fingerprint density at radius 3 is 2.82 bits per heavy atom. The van der Waals surface area contributed by atoms with Gasteiger partial charge in [0, 0.05) is 13.2 Å². The Morgan fingerprint density at radius 1 is 1.47 bits per heavy atom. The van der Waals surface area contributed by atoms with Crippen LogP contribution in [-0.2, 0) is 14.3 Å². The van der Waals surface area contributed by atoms with E-state index in [0.717, 1.165) is 32.3 Å². The Balaban J connectivity index is 1.95. The van der Waals surface area contributed by atoms with Crippen LogP contribution in [0.15, 0.2) is 0 Å². The molecule has 4 heteroatoms. The molecule has 0 bridgehead atoms. The molecule has 1 unspecified atom stereocenters. The summed E-state index contributed by atoms with van der Waals surface area (Å²) < 4.78 is 11.0. The summed E-state index contributed by atoms with van der Waals surface area (Å²) in [6.07, 6.45) is 5.04. The number of hydrogen-bond acceptors (Lipinski definition) is 3. The maximum Gasteiger partial charge on any atom is 0.309 e. The van der Waals surface area contributed by atoms with Crippen LogP contribution in [0.5, 0.6) is 0 Å². The van der Waals surface area contributed by atoms with E-state index in [-0.39, 0.29) is 6.10 Å². The molecule has 1 atom stereocenters. The van der Waals surface area contributed by atoms with Crippen molar-refractivity contribution in [2.24, 2.45) is 5.41 Å². The van der Waals surface area contributed by atoms with E-state index in [0.29, 0.717) is 19.6 Å². The van der Waals surface area contributed by atoms with Crippen LogP contribution in [0.1, 0.15) is 46.0 Å². The van der Waals surface area contributed by atoms with Crippen LogP contribution in [-0.4, -0.2) is 37.0 Å². The molecule has 1 N–H and O–H groups in total. The lowest BCUT2D eigenvalue weighted by atomic mass is 9.87. The van der Waals surface area contributed by atoms with Crippen LogP contribution in [0.25, 0.3) is 0 Å². The number of aliphatic carboxylic acids is 1. The number of hydrogen-bond donors (Lipinski definition) is 1. The van der Waals surface area contributed by atoms with Gasteiger partial charge >= 0.3 is 5.97 Å². The van der Waals surface area contributed by atoms with Crippen molar-refractivity contribution in [2.45, 2.75) is 52.1 Å². The molecule has 0 spiro atoms. The van der Waals surface area contributed by atoms with Crippen molar-refractivity contribution >= 4 is 5.97 Å². The van der Waals surface area contributed by atoms with Crippen LogP contribution >= 0.6 is 0 Å². The minimum Gasteiger partial charge on any atom is -0.481 e. The van der Waals surface area contributed by atoms with Gasteiger partial charge in [-0.05, 0) is 39.5 Å². The maximum absolute atomic E-state index is 10.9. The third-order valence-electron chi connectivity index (χ3n) is 3.25. The van der Waals surface area contributed by atoms with E-state index in [4.69, 9.17) is 14.6 Å². The van der Waals surface area contributed by atoms with Crippen molar-refractivity contribution in [3.8, 4) is 0 Å². The molecule has 17 heavy (non-hydrogen) atoms. The lowest BCUT2D eigenvalue weighted by molar-refractivity contribution is -0.147. The second-order valence-electron chi connectivity index (χ2n) is 5.36. The molecule has 0 aliphatic carbocycles. The standard InChI is InChI=1S/C13H24O4/c1-13(2,12(14)15)7-3-4-8-16-10-11-6-5-9-17-11/h11H,3-10H2,1-2H3,(H,14,15). The van der Waals surface area contributed by atoms with E-state index >= 15 is 0 Å². The predicted octanol–water partition coefficient (Wildman–Crippen LogP) is 2.46. The topological polar surface area (TPSA) is 55.8 Å². The quantitative estimate of drug-likeness (QED) is 0.666. The van der Waals surface area contributed by atoms with Crippen molar-refractivity contribution in [1.82, 2.24) is 0 Å². The van der Waals surface area contributed by atoms with E-state index in [1.54, 1.807) is 13.8 Å². The zero-order chi connectivity index (χ0) is 12.7.